The van der Waals surface area contributed by atoms with E-state index in [2.05, 4.69) is 15.4 Å². The van der Waals surface area contributed by atoms with Crippen molar-refractivity contribution in [2.45, 2.75) is 20.8 Å². The molecule has 0 radical (unpaired) electrons. The lowest BCUT2D eigenvalue weighted by Gasteiger charge is -2.16. The molecule has 0 bridgehead atoms. The zero-order valence-corrected chi connectivity index (χ0v) is 11.8. The van der Waals surface area contributed by atoms with Gasteiger partial charge in [0.2, 0.25) is 5.91 Å². The number of aromatic nitrogens is 1. The molecule has 1 aromatic heterocycles. The van der Waals surface area contributed by atoms with E-state index in [4.69, 9.17) is 0 Å². The van der Waals surface area contributed by atoms with Crippen LogP contribution in [0.3, 0.4) is 0 Å². The van der Waals surface area contributed by atoms with Crippen molar-refractivity contribution in [2.24, 2.45) is 16.9 Å². The van der Waals surface area contributed by atoms with Crippen LogP contribution in [0.4, 0.5) is 5.82 Å². The molecule has 0 spiro atoms. The van der Waals surface area contributed by atoms with Crippen molar-refractivity contribution in [3.8, 4) is 0 Å². The lowest BCUT2D eigenvalue weighted by atomic mass is 10.0. The highest BCUT2D eigenvalue weighted by atomic mass is 16.2. The van der Waals surface area contributed by atoms with Crippen molar-refractivity contribution < 1.29 is 9.59 Å². The van der Waals surface area contributed by atoms with E-state index in [0.717, 1.165) is 0 Å². The van der Waals surface area contributed by atoms with Gasteiger partial charge in [0.15, 0.2) is 5.92 Å². The second kappa shape index (κ2) is 5.81. The highest BCUT2D eigenvalue weighted by molar-refractivity contribution is 6.24. The number of rotatable bonds is 4. The molecular formula is C14H18N4O2. The fraction of sp³-hybridized carbons (Fsp3) is 0.429. The van der Waals surface area contributed by atoms with Crippen LogP contribution in [0.15, 0.2) is 29.5 Å². The van der Waals surface area contributed by atoms with Crippen molar-refractivity contribution in [2.75, 3.05) is 11.9 Å². The molecule has 1 N–H and O–H groups in total. The van der Waals surface area contributed by atoms with Gasteiger partial charge in [-0.1, -0.05) is 19.9 Å². The van der Waals surface area contributed by atoms with Crippen LogP contribution in [0.2, 0.25) is 0 Å². The first kappa shape index (κ1) is 14.2. The first-order chi connectivity index (χ1) is 9.49. The lowest BCUT2D eigenvalue weighted by molar-refractivity contribution is -0.136. The quantitative estimate of drug-likeness (QED) is 0.846. The van der Waals surface area contributed by atoms with Gasteiger partial charge in [-0.2, -0.15) is 5.10 Å². The smallest absolute Gasteiger partial charge is 0.261 e. The minimum atomic E-state index is -0.851. The SMILES string of the molecule is CC1=NN(CC(C)C)C(=O)[C@H]1C(=O)Nc1ccccn1. The summed E-state index contributed by atoms with van der Waals surface area (Å²) in [6, 6.07) is 5.20. The fourth-order valence-corrected chi connectivity index (χ4v) is 2.04. The number of hydrazone groups is 1. The van der Waals surface area contributed by atoms with Crippen molar-refractivity contribution in [1.82, 2.24) is 9.99 Å². The third-order valence-electron chi connectivity index (χ3n) is 2.91. The van der Waals surface area contributed by atoms with Crippen LogP contribution < -0.4 is 5.32 Å². The molecule has 2 heterocycles. The van der Waals surface area contributed by atoms with Crippen LogP contribution in [0.25, 0.3) is 0 Å². The van der Waals surface area contributed by atoms with E-state index in [0.29, 0.717) is 24.0 Å². The van der Waals surface area contributed by atoms with Crippen LogP contribution in [-0.4, -0.2) is 34.1 Å². The molecule has 1 aliphatic heterocycles. The summed E-state index contributed by atoms with van der Waals surface area (Å²) in [6.45, 7) is 6.21. The number of hydrogen-bond donors (Lipinski definition) is 1. The topological polar surface area (TPSA) is 74.7 Å². The zero-order valence-electron chi connectivity index (χ0n) is 11.8. The molecule has 106 valence electrons. The van der Waals surface area contributed by atoms with Crippen LogP contribution >= 0.6 is 0 Å². The monoisotopic (exact) mass is 274 g/mol. The van der Waals surface area contributed by atoms with E-state index >= 15 is 0 Å². The summed E-state index contributed by atoms with van der Waals surface area (Å²) in [7, 11) is 0. The Morgan fingerprint density at radius 1 is 1.45 bits per heavy atom. The van der Waals surface area contributed by atoms with E-state index < -0.39 is 5.92 Å². The molecule has 6 heteroatoms. The molecule has 20 heavy (non-hydrogen) atoms. The Balaban J connectivity index is 2.08. The maximum Gasteiger partial charge on any atom is 0.261 e. The highest BCUT2D eigenvalue weighted by Crippen LogP contribution is 2.18. The lowest BCUT2D eigenvalue weighted by Crippen LogP contribution is -2.37. The van der Waals surface area contributed by atoms with Crippen LogP contribution in [0.1, 0.15) is 20.8 Å². The average Bonchev–Trinajstić information content (AvgIpc) is 2.64. The Kier molecular flexibility index (Phi) is 4.12. The maximum atomic E-state index is 12.2. The molecule has 1 aliphatic rings. The van der Waals surface area contributed by atoms with Crippen LogP contribution in [-0.2, 0) is 9.59 Å². The summed E-state index contributed by atoms with van der Waals surface area (Å²) in [5.41, 5.74) is 0.518. The number of carbonyl (C=O) groups is 2. The van der Waals surface area contributed by atoms with Gasteiger partial charge in [0, 0.05) is 12.7 Å². The predicted molar refractivity (Wildman–Crippen MR) is 76.0 cm³/mol. The van der Waals surface area contributed by atoms with Gasteiger partial charge < -0.3 is 5.32 Å². The van der Waals surface area contributed by atoms with E-state index in [9.17, 15) is 9.59 Å². The van der Waals surface area contributed by atoms with Gasteiger partial charge in [-0.05, 0) is 25.0 Å². The molecule has 2 rings (SSSR count). The Morgan fingerprint density at radius 3 is 2.80 bits per heavy atom. The average molecular weight is 274 g/mol. The van der Waals surface area contributed by atoms with Crippen LogP contribution in [0, 0.1) is 11.8 Å². The van der Waals surface area contributed by atoms with E-state index in [1.54, 1.807) is 31.3 Å². The normalized spacial score (nSPS) is 18.4. The molecule has 0 fully saturated rings. The molecule has 0 unspecified atom stereocenters. The number of pyridine rings is 1. The minimum Gasteiger partial charge on any atom is -0.310 e. The standard InChI is InChI=1S/C14H18N4O2/c1-9(2)8-18-14(20)12(10(3)17-18)13(19)16-11-6-4-5-7-15-11/h4-7,9,12H,8H2,1-3H3,(H,15,16,19)/t12-/m1/s1. The summed E-state index contributed by atoms with van der Waals surface area (Å²) in [5, 5.41) is 8.19. The molecule has 0 saturated heterocycles. The molecule has 0 aliphatic carbocycles. The van der Waals surface area contributed by atoms with E-state index in [1.165, 1.54) is 5.01 Å². The van der Waals surface area contributed by atoms with Crippen molar-refractivity contribution in [3.63, 3.8) is 0 Å². The van der Waals surface area contributed by atoms with Gasteiger partial charge in [0.1, 0.15) is 5.82 Å². The molecule has 6 nitrogen and oxygen atoms in total. The predicted octanol–water partition coefficient (Wildman–Crippen LogP) is 1.51. The Morgan fingerprint density at radius 2 is 2.20 bits per heavy atom. The third-order valence-corrected chi connectivity index (χ3v) is 2.91. The number of nitrogens with zero attached hydrogens (tertiary/aromatic N) is 3. The molecule has 1 atom stereocenters. The second-order valence-corrected chi connectivity index (χ2v) is 5.19. The number of hydrogen-bond acceptors (Lipinski definition) is 4. The first-order valence-corrected chi connectivity index (χ1v) is 6.57. The first-order valence-electron chi connectivity index (χ1n) is 6.57. The number of anilines is 1. The summed E-state index contributed by atoms with van der Waals surface area (Å²) < 4.78 is 0. The molecule has 1 aromatic rings. The molecule has 0 saturated carbocycles. The van der Waals surface area contributed by atoms with E-state index in [-0.39, 0.29) is 11.8 Å². The largest absolute Gasteiger partial charge is 0.310 e. The van der Waals surface area contributed by atoms with Crippen LogP contribution in [0.5, 0.6) is 0 Å². The van der Waals surface area contributed by atoms with Gasteiger partial charge in [0.05, 0.1) is 5.71 Å². The van der Waals surface area contributed by atoms with Gasteiger partial charge >= 0.3 is 0 Å². The van der Waals surface area contributed by atoms with Gasteiger partial charge in [-0.3, -0.25) is 9.59 Å². The van der Waals surface area contributed by atoms with Gasteiger partial charge in [-0.25, -0.2) is 9.99 Å². The minimum absolute atomic E-state index is 0.273. The Labute approximate surface area is 117 Å². The maximum absolute atomic E-state index is 12.2. The molecule has 2 amide bonds. The van der Waals surface area contributed by atoms with Gasteiger partial charge in [-0.15, -0.1) is 0 Å². The van der Waals surface area contributed by atoms with Crippen molar-refractivity contribution in [3.05, 3.63) is 24.4 Å². The second-order valence-electron chi connectivity index (χ2n) is 5.19. The van der Waals surface area contributed by atoms with Crippen molar-refractivity contribution >= 4 is 23.3 Å². The Bertz CT molecular complexity index is 539. The molecular weight excluding hydrogens is 256 g/mol. The third kappa shape index (κ3) is 3.01. The summed E-state index contributed by atoms with van der Waals surface area (Å²) in [4.78, 5) is 28.4. The number of amides is 2. The highest BCUT2D eigenvalue weighted by Gasteiger charge is 2.39. The summed E-state index contributed by atoms with van der Waals surface area (Å²) in [6.07, 6.45) is 1.58. The number of carbonyl (C=O) groups excluding carboxylic acids is 2. The molecule has 0 aromatic carbocycles. The summed E-state index contributed by atoms with van der Waals surface area (Å²) >= 11 is 0. The zero-order chi connectivity index (χ0) is 14.7. The number of nitrogens with one attached hydrogen (secondary N) is 1. The fourth-order valence-electron chi connectivity index (χ4n) is 2.04. The van der Waals surface area contributed by atoms with Crippen molar-refractivity contribution in [1.29, 1.82) is 0 Å². The summed E-state index contributed by atoms with van der Waals surface area (Å²) in [5.74, 6) is -0.782. The van der Waals surface area contributed by atoms with Gasteiger partial charge in [0.25, 0.3) is 5.91 Å². The Hall–Kier alpha value is -2.24. The van der Waals surface area contributed by atoms with E-state index in [1.807, 2.05) is 13.8 Å².